The van der Waals surface area contributed by atoms with Gasteiger partial charge in [0.1, 0.15) is 6.04 Å². The van der Waals surface area contributed by atoms with Crippen LogP contribution >= 0.6 is 15.9 Å². The van der Waals surface area contributed by atoms with E-state index in [0.29, 0.717) is 5.56 Å². The molecule has 0 aromatic heterocycles. The quantitative estimate of drug-likeness (QED) is 0.778. The van der Waals surface area contributed by atoms with E-state index in [2.05, 4.69) is 21.2 Å². The molecule has 1 unspecified atom stereocenters. The summed E-state index contributed by atoms with van der Waals surface area (Å²) >= 11 is 3.23. The molecule has 0 saturated heterocycles. The lowest BCUT2D eigenvalue weighted by Gasteiger charge is -2.15. The Bertz CT molecular complexity index is 758. The smallest absolute Gasteiger partial charge is 0.416 e. The van der Waals surface area contributed by atoms with E-state index in [1.807, 2.05) is 0 Å². The minimum Gasteiger partial charge on any atom is -0.480 e. The first-order valence-electron chi connectivity index (χ1n) is 7.12. The number of halogens is 4. The van der Waals surface area contributed by atoms with Crippen molar-refractivity contribution in [2.75, 3.05) is 0 Å². The molecule has 1 amide bonds. The Balaban J connectivity index is 2.09. The van der Waals surface area contributed by atoms with Crippen molar-refractivity contribution in [1.82, 2.24) is 5.32 Å². The Hall–Kier alpha value is -2.35. The highest BCUT2D eigenvalue weighted by Crippen LogP contribution is 2.29. The molecule has 0 fully saturated rings. The molecule has 0 heterocycles. The van der Waals surface area contributed by atoms with Gasteiger partial charge >= 0.3 is 12.1 Å². The van der Waals surface area contributed by atoms with E-state index in [0.717, 1.165) is 16.6 Å². The lowest BCUT2D eigenvalue weighted by molar-refractivity contribution is -0.139. The van der Waals surface area contributed by atoms with E-state index in [1.165, 1.54) is 24.3 Å². The molecule has 0 aliphatic rings. The summed E-state index contributed by atoms with van der Waals surface area (Å²) in [6.45, 7) is 0. The van der Waals surface area contributed by atoms with Gasteiger partial charge in [-0.25, -0.2) is 4.79 Å². The van der Waals surface area contributed by atoms with Gasteiger partial charge in [-0.05, 0) is 42.0 Å². The van der Waals surface area contributed by atoms with Crippen molar-refractivity contribution in [2.45, 2.75) is 18.6 Å². The summed E-state index contributed by atoms with van der Waals surface area (Å²) in [4.78, 5) is 23.5. The maximum Gasteiger partial charge on any atom is 0.416 e. The molecule has 8 heteroatoms. The lowest BCUT2D eigenvalue weighted by Crippen LogP contribution is -2.42. The highest BCUT2D eigenvalue weighted by atomic mass is 79.9. The van der Waals surface area contributed by atoms with Crippen molar-refractivity contribution in [1.29, 1.82) is 0 Å². The number of carbonyl (C=O) groups is 2. The standard InChI is InChI=1S/C17H13BrF3NO3/c18-13-7-3-11(4-8-13)15(23)22-14(16(24)25)9-10-1-5-12(6-2-10)17(19,20)21/h1-8,14H,9H2,(H,22,23)(H,24,25). The first-order chi connectivity index (χ1) is 11.7. The van der Waals surface area contributed by atoms with Crippen LogP contribution in [0.1, 0.15) is 21.5 Å². The topological polar surface area (TPSA) is 66.4 Å². The van der Waals surface area contributed by atoms with Crippen molar-refractivity contribution in [3.8, 4) is 0 Å². The molecule has 0 aliphatic heterocycles. The van der Waals surface area contributed by atoms with Gasteiger partial charge in [0.2, 0.25) is 0 Å². The third-order valence-electron chi connectivity index (χ3n) is 3.43. The summed E-state index contributed by atoms with van der Waals surface area (Å²) in [5.41, 5.74) is -0.166. The van der Waals surface area contributed by atoms with Gasteiger partial charge in [0.05, 0.1) is 5.56 Å². The van der Waals surface area contributed by atoms with Crippen molar-refractivity contribution < 1.29 is 27.9 Å². The second-order valence-corrected chi connectivity index (χ2v) is 6.19. The summed E-state index contributed by atoms with van der Waals surface area (Å²) < 4.78 is 38.4. The SMILES string of the molecule is O=C(NC(Cc1ccc(C(F)(F)F)cc1)C(=O)O)c1ccc(Br)cc1. The molecule has 2 aromatic carbocycles. The van der Waals surface area contributed by atoms with Crippen LogP contribution in [0.5, 0.6) is 0 Å². The molecule has 4 nitrogen and oxygen atoms in total. The van der Waals surface area contributed by atoms with Crippen LogP contribution in [0.4, 0.5) is 13.2 Å². The Kier molecular flexibility index (Phi) is 5.84. The van der Waals surface area contributed by atoms with Crippen LogP contribution in [0.15, 0.2) is 53.0 Å². The average molecular weight is 416 g/mol. The van der Waals surface area contributed by atoms with Gasteiger partial charge in [-0.3, -0.25) is 4.79 Å². The van der Waals surface area contributed by atoms with Crippen LogP contribution in [0.25, 0.3) is 0 Å². The number of nitrogens with one attached hydrogen (secondary N) is 1. The number of aliphatic carboxylic acids is 1. The fourth-order valence-electron chi connectivity index (χ4n) is 2.11. The summed E-state index contributed by atoms with van der Waals surface area (Å²) in [7, 11) is 0. The van der Waals surface area contributed by atoms with Gasteiger partial charge in [0, 0.05) is 16.5 Å². The zero-order chi connectivity index (χ0) is 18.6. The zero-order valence-corrected chi connectivity index (χ0v) is 14.3. The Morgan fingerprint density at radius 1 is 1.04 bits per heavy atom. The molecule has 2 rings (SSSR count). The van der Waals surface area contributed by atoms with Crippen LogP contribution in [0.3, 0.4) is 0 Å². The number of hydrogen-bond donors (Lipinski definition) is 2. The minimum atomic E-state index is -4.46. The molecule has 132 valence electrons. The van der Waals surface area contributed by atoms with Gasteiger partial charge in [-0.2, -0.15) is 13.2 Å². The van der Waals surface area contributed by atoms with Crippen LogP contribution in [-0.4, -0.2) is 23.0 Å². The van der Waals surface area contributed by atoms with E-state index in [9.17, 15) is 27.9 Å². The van der Waals surface area contributed by atoms with Gasteiger partial charge in [-0.15, -0.1) is 0 Å². The molecule has 0 aliphatic carbocycles. The first-order valence-corrected chi connectivity index (χ1v) is 7.91. The summed E-state index contributed by atoms with van der Waals surface area (Å²) in [5, 5.41) is 11.6. The normalized spacial score (nSPS) is 12.5. The van der Waals surface area contributed by atoms with Gasteiger partial charge in [0.15, 0.2) is 0 Å². The van der Waals surface area contributed by atoms with Crippen molar-refractivity contribution in [3.05, 3.63) is 69.7 Å². The average Bonchev–Trinajstić information content (AvgIpc) is 2.54. The monoisotopic (exact) mass is 415 g/mol. The number of hydrogen-bond acceptors (Lipinski definition) is 2. The van der Waals surface area contributed by atoms with Crippen molar-refractivity contribution in [2.24, 2.45) is 0 Å². The van der Waals surface area contributed by atoms with E-state index >= 15 is 0 Å². The number of rotatable bonds is 5. The Morgan fingerprint density at radius 2 is 1.60 bits per heavy atom. The number of carboxylic acids is 1. The van der Waals surface area contributed by atoms with E-state index in [4.69, 9.17) is 0 Å². The predicted octanol–water partition coefficient (Wildman–Crippen LogP) is 3.89. The van der Waals surface area contributed by atoms with Crippen LogP contribution < -0.4 is 5.32 Å². The summed E-state index contributed by atoms with van der Waals surface area (Å²) in [6, 6.07) is 9.23. The zero-order valence-electron chi connectivity index (χ0n) is 12.7. The molecule has 0 spiro atoms. The molecule has 1 atom stereocenters. The number of carbonyl (C=O) groups excluding carboxylic acids is 1. The maximum atomic E-state index is 12.5. The van der Waals surface area contributed by atoms with E-state index in [-0.39, 0.29) is 12.0 Å². The molecule has 2 aromatic rings. The fourth-order valence-corrected chi connectivity index (χ4v) is 2.37. The molecular weight excluding hydrogens is 403 g/mol. The predicted molar refractivity (Wildman–Crippen MR) is 88.2 cm³/mol. The third-order valence-corrected chi connectivity index (χ3v) is 3.96. The third kappa shape index (κ3) is 5.32. The van der Waals surface area contributed by atoms with E-state index < -0.39 is 29.7 Å². The number of carboxylic acid groups (broad SMARTS) is 1. The van der Waals surface area contributed by atoms with Crippen LogP contribution in [-0.2, 0) is 17.4 Å². The molecule has 0 radical (unpaired) electrons. The summed E-state index contributed by atoms with van der Waals surface area (Å²) in [6.07, 6.45) is -4.59. The van der Waals surface area contributed by atoms with E-state index in [1.54, 1.807) is 12.1 Å². The lowest BCUT2D eigenvalue weighted by atomic mass is 10.0. The second kappa shape index (κ2) is 7.69. The van der Waals surface area contributed by atoms with Gasteiger partial charge < -0.3 is 10.4 Å². The van der Waals surface area contributed by atoms with Gasteiger partial charge in [-0.1, -0.05) is 28.1 Å². The molecule has 25 heavy (non-hydrogen) atoms. The highest BCUT2D eigenvalue weighted by molar-refractivity contribution is 9.10. The summed E-state index contributed by atoms with van der Waals surface area (Å²) in [5.74, 6) is -1.85. The van der Waals surface area contributed by atoms with Crippen molar-refractivity contribution >= 4 is 27.8 Å². The molecule has 0 bridgehead atoms. The highest BCUT2D eigenvalue weighted by Gasteiger charge is 2.30. The second-order valence-electron chi connectivity index (χ2n) is 5.27. The van der Waals surface area contributed by atoms with Gasteiger partial charge in [0.25, 0.3) is 5.91 Å². The first kappa shape index (κ1) is 19.0. The molecular formula is C17H13BrF3NO3. The Labute approximate surface area is 149 Å². The van der Waals surface area contributed by atoms with Crippen molar-refractivity contribution in [3.63, 3.8) is 0 Å². The molecule has 0 saturated carbocycles. The minimum absolute atomic E-state index is 0.129. The Morgan fingerprint density at radius 3 is 2.08 bits per heavy atom. The molecule has 2 N–H and O–H groups in total. The maximum absolute atomic E-state index is 12.5. The fraction of sp³-hybridized carbons (Fsp3) is 0.176. The number of amides is 1. The van der Waals surface area contributed by atoms with Crippen LogP contribution in [0.2, 0.25) is 0 Å². The number of benzene rings is 2. The number of alkyl halides is 3. The van der Waals surface area contributed by atoms with Crippen LogP contribution in [0, 0.1) is 0 Å². The largest absolute Gasteiger partial charge is 0.480 e.